The number of likely N-dealkylation sites (tertiary alicyclic amines) is 1. The molecule has 1 saturated carbocycles. The van der Waals surface area contributed by atoms with E-state index in [2.05, 4.69) is 0 Å². The maximum absolute atomic E-state index is 14.3. The Balaban J connectivity index is 1.79. The molecule has 53 heavy (non-hydrogen) atoms. The average Bonchev–Trinajstić information content (AvgIpc) is 3.83. The van der Waals surface area contributed by atoms with Crippen molar-refractivity contribution >= 4 is 29.4 Å². The summed E-state index contributed by atoms with van der Waals surface area (Å²) in [4.78, 5) is 73.3. The van der Waals surface area contributed by atoms with Crippen molar-refractivity contribution in [3.63, 3.8) is 0 Å². The number of ketones is 2. The summed E-state index contributed by atoms with van der Waals surface area (Å²) in [6.45, 7) is 9.99. The molecule has 1 N–H and O–H groups in total. The second-order valence-corrected chi connectivity index (χ2v) is 16.6. The summed E-state index contributed by atoms with van der Waals surface area (Å²) in [5, 5.41) is 9.95. The highest BCUT2D eigenvalue weighted by Gasteiger charge is 2.45. The number of carboxylic acid groups (broad SMARTS) is 1. The fourth-order valence-corrected chi connectivity index (χ4v) is 8.41. The molecule has 2 aliphatic rings. The number of Topliss-reactive ketones (excluding diaryl/α,β-unsaturated/α-hetero) is 2. The van der Waals surface area contributed by atoms with E-state index in [1.165, 1.54) is 7.11 Å². The number of likely N-dealkylation sites (N-methyl/N-ethyl adjacent to an activating group) is 2. The van der Waals surface area contributed by atoms with E-state index in [0.717, 1.165) is 37.7 Å². The zero-order valence-corrected chi connectivity index (χ0v) is 34.0. The number of aliphatic carboxylic acids is 1. The molecule has 298 valence electrons. The molecule has 3 rings (SSSR count). The van der Waals surface area contributed by atoms with Gasteiger partial charge in [-0.05, 0) is 77.4 Å². The van der Waals surface area contributed by atoms with Gasteiger partial charge in [0.25, 0.3) is 0 Å². The van der Waals surface area contributed by atoms with Gasteiger partial charge in [0, 0.05) is 52.5 Å². The fraction of sp³-hybridized carbons (Fsp3) is 0.738. The molecule has 1 aromatic rings. The van der Waals surface area contributed by atoms with Gasteiger partial charge >= 0.3 is 5.97 Å². The van der Waals surface area contributed by atoms with Crippen molar-refractivity contribution in [3.05, 3.63) is 35.9 Å². The number of carboxylic acids is 1. The minimum absolute atomic E-state index is 0.00833. The van der Waals surface area contributed by atoms with Crippen LogP contribution in [0.1, 0.15) is 98.0 Å². The van der Waals surface area contributed by atoms with E-state index in [1.54, 1.807) is 30.9 Å². The van der Waals surface area contributed by atoms with Gasteiger partial charge in [-0.25, -0.2) is 0 Å². The van der Waals surface area contributed by atoms with Crippen LogP contribution in [-0.4, -0.2) is 121 Å². The van der Waals surface area contributed by atoms with Gasteiger partial charge in [-0.2, -0.15) is 0 Å². The molecule has 2 amide bonds. The number of amides is 2. The van der Waals surface area contributed by atoms with E-state index < -0.39 is 41.5 Å². The first kappa shape index (κ1) is 44.2. The molecule has 1 saturated heterocycles. The zero-order chi connectivity index (χ0) is 39.6. The molecule has 0 radical (unpaired) electrons. The molecule has 1 aromatic carbocycles. The van der Waals surface area contributed by atoms with Crippen LogP contribution in [0.2, 0.25) is 0 Å². The molecule has 11 heteroatoms. The summed E-state index contributed by atoms with van der Waals surface area (Å²) < 4.78 is 12.0. The Morgan fingerprint density at radius 1 is 0.887 bits per heavy atom. The van der Waals surface area contributed by atoms with Crippen molar-refractivity contribution in [2.75, 3.05) is 41.9 Å². The van der Waals surface area contributed by atoms with Gasteiger partial charge in [-0.15, -0.1) is 0 Å². The molecule has 7 atom stereocenters. The third-order valence-corrected chi connectivity index (χ3v) is 12.5. The van der Waals surface area contributed by atoms with E-state index in [-0.39, 0.29) is 73.0 Å². The Labute approximate surface area is 318 Å². The van der Waals surface area contributed by atoms with E-state index in [9.17, 15) is 29.1 Å². The van der Waals surface area contributed by atoms with Crippen LogP contribution in [0.25, 0.3) is 0 Å². The highest BCUT2D eigenvalue weighted by atomic mass is 16.5. The predicted molar refractivity (Wildman–Crippen MR) is 205 cm³/mol. The van der Waals surface area contributed by atoms with Crippen molar-refractivity contribution in [3.8, 4) is 0 Å². The van der Waals surface area contributed by atoms with Gasteiger partial charge in [0.2, 0.25) is 11.8 Å². The second kappa shape index (κ2) is 20.0. The van der Waals surface area contributed by atoms with Gasteiger partial charge in [-0.1, -0.05) is 63.9 Å². The first-order chi connectivity index (χ1) is 25.0. The molecular weight excluding hydrogens is 674 g/mol. The first-order valence-corrected chi connectivity index (χ1v) is 19.6. The van der Waals surface area contributed by atoms with Crippen molar-refractivity contribution in [1.82, 2.24) is 14.7 Å². The minimum atomic E-state index is -1.02. The molecule has 0 spiro atoms. The quantitative estimate of drug-likeness (QED) is 0.173. The predicted octanol–water partition coefficient (Wildman–Crippen LogP) is 5.53. The number of nitrogens with zero attached hydrogens (tertiary/aromatic N) is 3. The van der Waals surface area contributed by atoms with Gasteiger partial charge in [0.1, 0.15) is 5.78 Å². The highest BCUT2D eigenvalue weighted by molar-refractivity contribution is 5.92. The topological polar surface area (TPSA) is 134 Å². The van der Waals surface area contributed by atoms with Crippen molar-refractivity contribution in [2.45, 2.75) is 129 Å². The Kier molecular flexibility index (Phi) is 16.7. The number of benzene rings is 1. The molecule has 1 aliphatic heterocycles. The maximum atomic E-state index is 14.3. The van der Waals surface area contributed by atoms with Gasteiger partial charge in [0.15, 0.2) is 5.78 Å². The second-order valence-electron chi connectivity index (χ2n) is 16.6. The molecule has 0 unspecified atom stereocenters. The van der Waals surface area contributed by atoms with Crippen LogP contribution in [0.4, 0.5) is 0 Å². The zero-order valence-electron chi connectivity index (χ0n) is 34.0. The summed E-state index contributed by atoms with van der Waals surface area (Å²) in [5.74, 6) is -3.36. The third kappa shape index (κ3) is 11.2. The molecule has 0 aromatic heterocycles. The first-order valence-electron chi connectivity index (χ1n) is 19.6. The Hall–Kier alpha value is -3.15. The SMILES string of the molecule is CO[C@H]([C@@H](C)C(=O)C[C@@H](Cc1ccccc1)C(=O)O)[C@@H]1CCCN1C(=O)C[C@@H](OC)[C@H](C1CCCC1)N(C)C(=O)[C@@H](CC(=O)C(C)(C)N(C)C)C(C)C. The summed E-state index contributed by atoms with van der Waals surface area (Å²) in [5.41, 5.74) is 0.140. The van der Waals surface area contributed by atoms with E-state index in [0.29, 0.717) is 13.0 Å². The molecule has 1 heterocycles. The van der Waals surface area contributed by atoms with Crippen LogP contribution in [0.5, 0.6) is 0 Å². The Bertz CT molecular complexity index is 1380. The third-order valence-electron chi connectivity index (χ3n) is 12.5. The lowest BCUT2D eigenvalue weighted by molar-refractivity contribution is -0.150. The van der Waals surface area contributed by atoms with Crippen LogP contribution in [0.3, 0.4) is 0 Å². The Morgan fingerprint density at radius 2 is 1.51 bits per heavy atom. The van der Waals surface area contributed by atoms with Crippen LogP contribution in [0.15, 0.2) is 30.3 Å². The number of rotatable bonds is 21. The molecular formula is C42H67N3O8. The Morgan fingerprint density at radius 3 is 2.04 bits per heavy atom. The summed E-state index contributed by atoms with van der Waals surface area (Å²) in [6, 6.07) is 8.58. The average molecular weight is 742 g/mol. The van der Waals surface area contributed by atoms with Crippen LogP contribution in [-0.2, 0) is 39.9 Å². The molecule has 2 fully saturated rings. The molecule has 1 aliphatic carbocycles. The van der Waals surface area contributed by atoms with Crippen molar-refractivity contribution in [2.24, 2.45) is 29.6 Å². The number of hydrogen-bond donors (Lipinski definition) is 1. The smallest absolute Gasteiger partial charge is 0.307 e. The lowest BCUT2D eigenvalue weighted by Crippen LogP contribution is -2.54. The number of carbonyl (C=O) groups excluding carboxylic acids is 4. The maximum Gasteiger partial charge on any atom is 0.307 e. The minimum Gasteiger partial charge on any atom is -0.481 e. The number of carbonyl (C=O) groups is 5. The lowest BCUT2D eigenvalue weighted by atomic mass is 9.82. The summed E-state index contributed by atoms with van der Waals surface area (Å²) in [6.07, 6.45) is 4.47. The van der Waals surface area contributed by atoms with Crippen molar-refractivity contribution in [1.29, 1.82) is 0 Å². The summed E-state index contributed by atoms with van der Waals surface area (Å²) in [7, 11) is 8.67. The molecule has 0 bridgehead atoms. The number of methoxy groups -OCH3 is 2. The molecule has 11 nitrogen and oxygen atoms in total. The van der Waals surface area contributed by atoms with E-state index in [4.69, 9.17) is 9.47 Å². The standard InChI is InChI=1S/C42H67N3O8/c1-27(2)32(25-36(47)42(4,5)43(6)7)40(49)44(8)38(30-19-14-15-20-30)35(52-9)26-37(48)45-22-16-21-33(45)39(53-10)28(3)34(46)24-31(41(50)51)23-29-17-12-11-13-18-29/h11-13,17-18,27-28,30-33,35,38-39H,14-16,19-26H2,1-10H3,(H,50,51)/t28-,31+,32-,33-,35+,38-,39+/m0/s1. The monoisotopic (exact) mass is 741 g/mol. The largest absolute Gasteiger partial charge is 0.481 e. The van der Waals surface area contributed by atoms with Crippen LogP contribution in [0, 0.1) is 29.6 Å². The van der Waals surface area contributed by atoms with E-state index in [1.807, 2.05) is 77.0 Å². The van der Waals surface area contributed by atoms with Crippen LogP contribution >= 0.6 is 0 Å². The van der Waals surface area contributed by atoms with Gasteiger partial charge in [-0.3, -0.25) is 28.9 Å². The number of ether oxygens (including phenoxy) is 2. The summed E-state index contributed by atoms with van der Waals surface area (Å²) >= 11 is 0. The van der Waals surface area contributed by atoms with Crippen LogP contribution < -0.4 is 0 Å². The van der Waals surface area contributed by atoms with E-state index >= 15 is 0 Å². The van der Waals surface area contributed by atoms with Gasteiger partial charge < -0.3 is 24.4 Å². The highest BCUT2D eigenvalue weighted by Crippen LogP contribution is 2.36. The lowest BCUT2D eigenvalue weighted by Gasteiger charge is -2.41. The fourth-order valence-electron chi connectivity index (χ4n) is 8.41. The van der Waals surface area contributed by atoms with Gasteiger partial charge in [0.05, 0.1) is 42.2 Å². The normalized spacial score (nSPS) is 20.2. The van der Waals surface area contributed by atoms with Crippen molar-refractivity contribution < 1.29 is 38.6 Å². The number of hydrogen-bond acceptors (Lipinski definition) is 8.